The Balaban J connectivity index is 0.00000289. The third-order valence-corrected chi connectivity index (χ3v) is 2.73. The van der Waals surface area contributed by atoms with E-state index in [1.807, 2.05) is 13.8 Å². The van der Waals surface area contributed by atoms with Gasteiger partial charge in [-0.1, -0.05) is 6.92 Å². The van der Waals surface area contributed by atoms with E-state index in [-0.39, 0.29) is 35.9 Å². The number of esters is 1. The average Bonchev–Trinajstić information content (AvgIpc) is 3.15. The maximum atomic E-state index is 11.2. The van der Waals surface area contributed by atoms with Crippen molar-refractivity contribution in [3.63, 3.8) is 0 Å². The summed E-state index contributed by atoms with van der Waals surface area (Å²) in [5.41, 5.74) is 0. The number of nitrogens with one attached hydrogen (secondary N) is 2. The van der Waals surface area contributed by atoms with Crippen LogP contribution in [0.4, 0.5) is 0 Å². The van der Waals surface area contributed by atoms with Crippen molar-refractivity contribution in [1.29, 1.82) is 0 Å². The third kappa shape index (κ3) is 7.03. The first-order valence-electron chi connectivity index (χ1n) is 6.27. The highest BCUT2D eigenvalue weighted by molar-refractivity contribution is 14.0. The lowest BCUT2D eigenvalue weighted by Crippen LogP contribution is -2.38. The highest BCUT2D eigenvalue weighted by Crippen LogP contribution is 2.27. The molecule has 6 heteroatoms. The van der Waals surface area contributed by atoms with Gasteiger partial charge in [-0.3, -0.25) is 9.79 Å². The maximum absolute atomic E-state index is 11.2. The number of carbonyl (C=O) groups excluding carboxylic acids is 1. The minimum Gasteiger partial charge on any atom is -0.469 e. The van der Waals surface area contributed by atoms with E-state index in [2.05, 4.69) is 20.4 Å². The molecule has 0 spiro atoms. The number of halogens is 1. The smallest absolute Gasteiger partial charge is 0.310 e. The number of nitrogens with zero attached hydrogens (tertiary/aromatic N) is 1. The van der Waals surface area contributed by atoms with Gasteiger partial charge < -0.3 is 15.4 Å². The monoisotopic (exact) mass is 369 g/mol. The fourth-order valence-electron chi connectivity index (χ4n) is 1.41. The number of methoxy groups -OCH3 is 1. The zero-order chi connectivity index (χ0) is 12.7. The van der Waals surface area contributed by atoms with Crippen molar-refractivity contribution in [2.75, 3.05) is 26.7 Å². The average molecular weight is 369 g/mol. The first kappa shape index (κ1) is 17.5. The Morgan fingerprint density at radius 3 is 2.61 bits per heavy atom. The molecule has 1 fully saturated rings. The minimum absolute atomic E-state index is 0. The molecular formula is C12H24IN3O2. The summed E-state index contributed by atoms with van der Waals surface area (Å²) in [5.74, 6) is 1.18. The molecule has 1 atom stereocenters. The Hall–Kier alpha value is -0.530. The van der Waals surface area contributed by atoms with Gasteiger partial charge in [-0.2, -0.15) is 0 Å². The maximum Gasteiger partial charge on any atom is 0.310 e. The topological polar surface area (TPSA) is 62.7 Å². The Morgan fingerprint density at radius 1 is 1.44 bits per heavy atom. The Labute approximate surface area is 126 Å². The van der Waals surface area contributed by atoms with Crippen LogP contribution in [0.1, 0.15) is 26.7 Å². The molecule has 2 N–H and O–H groups in total. The van der Waals surface area contributed by atoms with E-state index in [0.717, 1.165) is 25.0 Å². The highest BCUT2D eigenvalue weighted by atomic mass is 127. The summed E-state index contributed by atoms with van der Waals surface area (Å²) in [4.78, 5) is 15.6. The molecule has 0 bridgehead atoms. The second-order valence-electron chi connectivity index (χ2n) is 4.47. The third-order valence-electron chi connectivity index (χ3n) is 2.73. The van der Waals surface area contributed by atoms with Gasteiger partial charge in [0.2, 0.25) is 0 Å². The molecule has 0 saturated heterocycles. The van der Waals surface area contributed by atoms with Gasteiger partial charge >= 0.3 is 5.97 Å². The van der Waals surface area contributed by atoms with Gasteiger partial charge in [0.25, 0.3) is 0 Å². The van der Waals surface area contributed by atoms with Gasteiger partial charge in [-0.05, 0) is 25.7 Å². The molecule has 0 amide bonds. The second-order valence-corrected chi connectivity index (χ2v) is 4.47. The number of carbonyl (C=O) groups is 1. The minimum atomic E-state index is -0.216. The molecule has 106 valence electrons. The van der Waals surface area contributed by atoms with Crippen molar-refractivity contribution in [3.05, 3.63) is 0 Å². The molecule has 1 rings (SSSR count). The molecule has 0 aromatic carbocycles. The van der Waals surface area contributed by atoms with Gasteiger partial charge in [0.1, 0.15) is 0 Å². The van der Waals surface area contributed by atoms with Gasteiger partial charge in [0, 0.05) is 13.1 Å². The zero-order valence-corrected chi connectivity index (χ0v) is 13.7. The van der Waals surface area contributed by atoms with Crippen LogP contribution >= 0.6 is 24.0 Å². The zero-order valence-electron chi connectivity index (χ0n) is 11.4. The van der Waals surface area contributed by atoms with Crippen LogP contribution in [-0.4, -0.2) is 38.7 Å². The molecule has 0 radical (unpaired) electrons. The van der Waals surface area contributed by atoms with E-state index in [0.29, 0.717) is 6.54 Å². The lowest BCUT2D eigenvalue weighted by atomic mass is 10.2. The molecule has 1 aliphatic carbocycles. The summed E-state index contributed by atoms with van der Waals surface area (Å²) in [5, 5.41) is 6.45. The van der Waals surface area contributed by atoms with Crippen LogP contribution in [0.15, 0.2) is 4.99 Å². The van der Waals surface area contributed by atoms with Gasteiger partial charge in [-0.25, -0.2) is 0 Å². The number of rotatable bonds is 6. The summed E-state index contributed by atoms with van der Waals surface area (Å²) >= 11 is 0. The Bertz CT molecular complexity index is 280. The predicted octanol–water partition coefficient (Wildman–Crippen LogP) is 1.38. The van der Waals surface area contributed by atoms with Crippen molar-refractivity contribution in [2.24, 2.45) is 16.8 Å². The second kappa shape index (κ2) is 9.41. The van der Waals surface area contributed by atoms with Gasteiger partial charge in [0.15, 0.2) is 5.96 Å². The lowest BCUT2D eigenvalue weighted by molar-refractivity contribution is -0.144. The fourth-order valence-corrected chi connectivity index (χ4v) is 1.41. The van der Waals surface area contributed by atoms with Crippen LogP contribution in [-0.2, 0) is 9.53 Å². The Kier molecular flexibility index (Phi) is 9.13. The molecule has 0 aromatic heterocycles. The first-order chi connectivity index (χ1) is 8.17. The van der Waals surface area contributed by atoms with E-state index >= 15 is 0 Å². The van der Waals surface area contributed by atoms with E-state index < -0.39 is 0 Å². The molecule has 5 nitrogen and oxygen atoms in total. The van der Waals surface area contributed by atoms with Crippen molar-refractivity contribution < 1.29 is 9.53 Å². The number of hydrogen-bond donors (Lipinski definition) is 2. The molecule has 18 heavy (non-hydrogen) atoms. The number of ether oxygens (including phenoxy) is 1. The van der Waals surface area contributed by atoms with E-state index in [4.69, 9.17) is 0 Å². The van der Waals surface area contributed by atoms with Gasteiger partial charge in [0.05, 0.1) is 19.6 Å². The number of guanidine groups is 1. The molecule has 0 heterocycles. The van der Waals surface area contributed by atoms with Crippen LogP contribution < -0.4 is 10.6 Å². The summed E-state index contributed by atoms with van der Waals surface area (Å²) in [6.07, 6.45) is 2.62. The standard InChI is InChI=1S/C12H23N3O2.HI/c1-4-13-12(15-8-10-5-6-10)14-7-9(2)11(16)17-3;/h9-10H,4-8H2,1-3H3,(H2,13,14,15);1H. The summed E-state index contributed by atoms with van der Waals surface area (Å²) in [6, 6.07) is 0. The summed E-state index contributed by atoms with van der Waals surface area (Å²) < 4.78 is 4.66. The van der Waals surface area contributed by atoms with Gasteiger partial charge in [-0.15, -0.1) is 24.0 Å². The SMILES string of the molecule is CCNC(=NCC(C)C(=O)OC)NCC1CC1.I. The van der Waals surface area contributed by atoms with Crippen LogP contribution in [0.5, 0.6) is 0 Å². The fraction of sp³-hybridized carbons (Fsp3) is 0.833. The highest BCUT2D eigenvalue weighted by Gasteiger charge is 2.21. The number of aliphatic imine (C=N–C) groups is 1. The Morgan fingerprint density at radius 2 is 2.11 bits per heavy atom. The number of hydrogen-bond acceptors (Lipinski definition) is 3. The van der Waals surface area contributed by atoms with E-state index in [1.54, 1.807) is 0 Å². The normalized spacial score (nSPS) is 16.5. The van der Waals surface area contributed by atoms with Crippen LogP contribution in [0.2, 0.25) is 0 Å². The lowest BCUT2D eigenvalue weighted by Gasteiger charge is -2.12. The van der Waals surface area contributed by atoms with Crippen LogP contribution in [0.25, 0.3) is 0 Å². The van der Waals surface area contributed by atoms with E-state index in [1.165, 1.54) is 20.0 Å². The largest absolute Gasteiger partial charge is 0.469 e. The molecule has 1 saturated carbocycles. The van der Waals surface area contributed by atoms with E-state index in [9.17, 15) is 4.79 Å². The molecular weight excluding hydrogens is 345 g/mol. The van der Waals surface area contributed by atoms with Crippen molar-refractivity contribution in [2.45, 2.75) is 26.7 Å². The first-order valence-corrected chi connectivity index (χ1v) is 6.27. The molecule has 1 aliphatic rings. The van der Waals surface area contributed by atoms with Crippen molar-refractivity contribution in [1.82, 2.24) is 10.6 Å². The quantitative estimate of drug-likeness (QED) is 0.321. The molecule has 0 aliphatic heterocycles. The van der Waals surface area contributed by atoms with Crippen LogP contribution in [0, 0.1) is 11.8 Å². The van der Waals surface area contributed by atoms with Crippen molar-refractivity contribution >= 4 is 35.9 Å². The predicted molar refractivity (Wildman–Crippen MR) is 83.3 cm³/mol. The van der Waals surface area contributed by atoms with Crippen LogP contribution in [0.3, 0.4) is 0 Å². The summed E-state index contributed by atoms with van der Waals surface area (Å²) in [6.45, 7) is 6.09. The molecule has 1 unspecified atom stereocenters. The summed E-state index contributed by atoms with van der Waals surface area (Å²) in [7, 11) is 1.40. The molecule has 0 aromatic rings. The van der Waals surface area contributed by atoms with Crippen molar-refractivity contribution in [3.8, 4) is 0 Å².